The van der Waals surface area contributed by atoms with Crippen molar-refractivity contribution in [3.8, 4) is 0 Å². The first kappa shape index (κ1) is 19.6. The molecule has 6 heteroatoms. The Bertz CT molecular complexity index is 817. The number of benzene rings is 1. The standard InChI is InChI=1S/C22H28ClN3O2/c23-21-19(15-18-7-3-4-8-20(18)24-21)16-26(22(27)17-5-1-2-6-17)10-9-25-11-13-28-14-12-25/h3-4,7-8,15,17H,1-2,5-6,9-14,16H2. The van der Waals surface area contributed by atoms with Crippen molar-refractivity contribution in [1.82, 2.24) is 14.8 Å². The molecule has 0 radical (unpaired) electrons. The van der Waals surface area contributed by atoms with Gasteiger partial charge in [0, 0.05) is 49.6 Å². The van der Waals surface area contributed by atoms with E-state index in [1.54, 1.807) is 0 Å². The van der Waals surface area contributed by atoms with Gasteiger partial charge in [0.15, 0.2) is 0 Å². The van der Waals surface area contributed by atoms with Crippen molar-refractivity contribution in [2.75, 3.05) is 39.4 Å². The van der Waals surface area contributed by atoms with E-state index in [1.165, 1.54) is 0 Å². The summed E-state index contributed by atoms with van der Waals surface area (Å²) in [5.74, 6) is 0.437. The van der Waals surface area contributed by atoms with Crippen LogP contribution in [0.1, 0.15) is 31.2 Å². The minimum absolute atomic E-state index is 0.164. The molecule has 1 saturated heterocycles. The summed E-state index contributed by atoms with van der Waals surface area (Å²) in [7, 11) is 0. The number of morpholine rings is 1. The monoisotopic (exact) mass is 401 g/mol. The molecule has 1 aliphatic heterocycles. The van der Waals surface area contributed by atoms with Gasteiger partial charge in [0.25, 0.3) is 0 Å². The number of rotatable bonds is 6. The molecule has 0 unspecified atom stereocenters. The van der Waals surface area contributed by atoms with Crippen molar-refractivity contribution < 1.29 is 9.53 Å². The van der Waals surface area contributed by atoms with Gasteiger partial charge in [-0.25, -0.2) is 4.98 Å². The Balaban J connectivity index is 1.52. The Hall–Kier alpha value is -1.69. The van der Waals surface area contributed by atoms with Gasteiger partial charge in [-0.2, -0.15) is 0 Å². The molecule has 2 aliphatic rings. The van der Waals surface area contributed by atoms with Crippen molar-refractivity contribution in [2.24, 2.45) is 5.92 Å². The molecule has 150 valence electrons. The fourth-order valence-electron chi connectivity index (χ4n) is 4.24. The van der Waals surface area contributed by atoms with Gasteiger partial charge < -0.3 is 9.64 Å². The average Bonchev–Trinajstić information content (AvgIpc) is 3.26. The lowest BCUT2D eigenvalue weighted by Gasteiger charge is -2.31. The van der Waals surface area contributed by atoms with Crippen LogP contribution in [0.15, 0.2) is 30.3 Å². The second-order valence-corrected chi connectivity index (χ2v) is 8.18. The summed E-state index contributed by atoms with van der Waals surface area (Å²) in [6, 6.07) is 10.0. The van der Waals surface area contributed by atoms with Gasteiger partial charge in [-0.3, -0.25) is 9.69 Å². The summed E-state index contributed by atoms with van der Waals surface area (Å²) in [4.78, 5) is 22.1. The zero-order valence-corrected chi connectivity index (χ0v) is 17.0. The van der Waals surface area contributed by atoms with Crippen molar-refractivity contribution >= 4 is 28.4 Å². The molecular weight excluding hydrogens is 374 g/mol. The van der Waals surface area contributed by atoms with E-state index < -0.39 is 0 Å². The largest absolute Gasteiger partial charge is 0.379 e. The number of aromatic nitrogens is 1. The van der Waals surface area contributed by atoms with Crippen LogP contribution < -0.4 is 0 Å². The molecule has 28 heavy (non-hydrogen) atoms. The van der Waals surface area contributed by atoms with Crippen LogP contribution in [0.25, 0.3) is 10.9 Å². The first-order chi connectivity index (χ1) is 13.7. The molecule has 0 N–H and O–H groups in total. The molecule has 1 saturated carbocycles. The molecule has 2 aromatic rings. The Morgan fingerprint density at radius 1 is 1.21 bits per heavy atom. The van der Waals surface area contributed by atoms with Crippen LogP contribution in [0.2, 0.25) is 5.15 Å². The highest BCUT2D eigenvalue weighted by molar-refractivity contribution is 6.30. The van der Waals surface area contributed by atoms with E-state index in [0.717, 1.165) is 81.5 Å². The molecule has 0 atom stereocenters. The number of hydrogen-bond acceptors (Lipinski definition) is 4. The van der Waals surface area contributed by atoms with Gasteiger partial charge in [0.2, 0.25) is 5.91 Å². The summed E-state index contributed by atoms with van der Waals surface area (Å²) >= 11 is 6.48. The number of nitrogens with zero attached hydrogens (tertiary/aromatic N) is 3. The highest BCUT2D eigenvalue weighted by Gasteiger charge is 2.28. The molecule has 4 rings (SSSR count). The number of hydrogen-bond donors (Lipinski definition) is 0. The predicted molar refractivity (Wildman–Crippen MR) is 111 cm³/mol. The Morgan fingerprint density at radius 2 is 1.96 bits per heavy atom. The van der Waals surface area contributed by atoms with Crippen LogP contribution in [0.4, 0.5) is 0 Å². The second kappa shape index (κ2) is 9.21. The molecule has 1 aromatic heterocycles. The van der Waals surface area contributed by atoms with Crippen LogP contribution in [0, 0.1) is 5.92 Å². The van der Waals surface area contributed by atoms with Crippen molar-refractivity contribution in [3.05, 3.63) is 41.0 Å². The van der Waals surface area contributed by atoms with E-state index in [2.05, 4.69) is 16.0 Å². The number of amides is 1. The maximum atomic E-state index is 13.2. The highest BCUT2D eigenvalue weighted by atomic mass is 35.5. The first-order valence-electron chi connectivity index (χ1n) is 10.3. The number of ether oxygens (including phenoxy) is 1. The molecule has 0 spiro atoms. The van der Waals surface area contributed by atoms with Gasteiger partial charge in [-0.05, 0) is 25.0 Å². The fourth-order valence-corrected chi connectivity index (χ4v) is 4.44. The highest BCUT2D eigenvalue weighted by Crippen LogP contribution is 2.28. The number of carbonyl (C=O) groups is 1. The Kier molecular flexibility index (Phi) is 6.45. The van der Waals surface area contributed by atoms with Crippen molar-refractivity contribution in [3.63, 3.8) is 0 Å². The van der Waals surface area contributed by atoms with E-state index in [4.69, 9.17) is 16.3 Å². The topological polar surface area (TPSA) is 45.7 Å². The van der Waals surface area contributed by atoms with Gasteiger partial charge in [-0.1, -0.05) is 42.6 Å². The molecule has 1 aromatic carbocycles. The Labute approximate surface area is 171 Å². The number of pyridine rings is 1. The van der Waals surface area contributed by atoms with E-state index in [0.29, 0.717) is 11.7 Å². The molecule has 2 fully saturated rings. The molecule has 2 heterocycles. The van der Waals surface area contributed by atoms with Crippen LogP contribution in [0.5, 0.6) is 0 Å². The lowest BCUT2D eigenvalue weighted by molar-refractivity contribution is -0.136. The van der Waals surface area contributed by atoms with Gasteiger partial charge in [0.05, 0.1) is 18.7 Å². The quantitative estimate of drug-likeness (QED) is 0.692. The van der Waals surface area contributed by atoms with Crippen molar-refractivity contribution in [2.45, 2.75) is 32.2 Å². The average molecular weight is 402 g/mol. The summed E-state index contributed by atoms with van der Waals surface area (Å²) in [6.07, 6.45) is 4.34. The second-order valence-electron chi connectivity index (χ2n) is 7.83. The van der Waals surface area contributed by atoms with Crippen LogP contribution in [0.3, 0.4) is 0 Å². The molecule has 5 nitrogen and oxygen atoms in total. The number of halogens is 1. The molecule has 0 bridgehead atoms. The summed E-state index contributed by atoms with van der Waals surface area (Å²) < 4.78 is 5.44. The molecular formula is C22H28ClN3O2. The smallest absolute Gasteiger partial charge is 0.226 e. The van der Waals surface area contributed by atoms with Gasteiger partial charge >= 0.3 is 0 Å². The lowest BCUT2D eigenvalue weighted by atomic mass is 10.1. The summed E-state index contributed by atoms with van der Waals surface area (Å²) in [6.45, 7) is 5.54. The maximum Gasteiger partial charge on any atom is 0.226 e. The minimum atomic E-state index is 0.164. The zero-order valence-electron chi connectivity index (χ0n) is 16.3. The van der Waals surface area contributed by atoms with Crippen LogP contribution >= 0.6 is 11.6 Å². The SMILES string of the molecule is O=C(C1CCCC1)N(CCN1CCOCC1)Cc1cc2ccccc2nc1Cl. The predicted octanol–water partition coefficient (Wildman–Crippen LogP) is 3.74. The molecule has 1 amide bonds. The number of fused-ring (bicyclic) bond motifs is 1. The third-order valence-electron chi connectivity index (χ3n) is 5.92. The number of para-hydroxylation sites is 1. The van der Waals surface area contributed by atoms with E-state index >= 15 is 0 Å². The van der Waals surface area contributed by atoms with Crippen LogP contribution in [-0.2, 0) is 16.1 Å². The minimum Gasteiger partial charge on any atom is -0.379 e. The lowest BCUT2D eigenvalue weighted by Crippen LogP contribution is -2.44. The first-order valence-corrected chi connectivity index (χ1v) is 10.7. The molecule has 1 aliphatic carbocycles. The van der Waals surface area contributed by atoms with E-state index in [1.807, 2.05) is 29.2 Å². The van der Waals surface area contributed by atoms with Gasteiger partial charge in [-0.15, -0.1) is 0 Å². The maximum absolute atomic E-state index is 13.2. The van der Waals surface area contributed by atoms with E-state index in [-0.39, 0.29) is 11.8 Å². The third kappa shape index (κ3) is 4.65. The van der Waals surface area contributed by atoms with E-state index in [9.17, 15) is 4.79 Å². The summed E-state index contributed by atoms with van der Waals surface area (Å²) in [5, 5.41) is 1.55. The Morgan fingerprint density at radius 3 is 2.75 bits per heavy atom. The van der Waals surface area contributed by atoms with Crippen LogP contribution in [-0.4, -0.2) is 60.1 Å². The van der Waals surface area contributed by atoms with Gasteiger partial charge in [0.1, 0.15) is 5.15 Å². The summed E-state index contributed by atoms with van der Waals surface area (Å²) in [5.41, 5.74) is 1.81. The third-order valence-corrected chi connectivity index (χ3v) is 6.24. The number of carbonyl (C=O) groups excluding carboxylic acids is 1. The van der Waals surface area contributed by atoms with Crippen molar-refractivity contribution in [1.29, 1.82) is 0 Å². The zero-order chi connectivity index (χ0) is 19.3. The fraction of sp³-hybridized carbons (Fsp3) is 0.545. The normalized spacial score (nSPS) is 18.6.